The largest absolute Gasteiger partial charge is 0.497 e. The van der Waals surface area contributed by atoms with Crippen LogP contribution in [0.5, 0.6) is 11.5 Å². The molecule has 28 heavy (non-hydrogen) atoms. The SMILES string of the molecule is COc1ccc(-c2cn(C)c(C)c3n(-c4ccccc4)c(=O)nc2-3)c(OC)c1. The third-order valence-electron chi connectivity index (χ3n) is 5.01. The molecule has 0 saturated carbocycles. The van der Waals surface area contributed by atoms with Crippen LogP contribution in [0.25, 0.3) is 28.2 Å². The first-order valence-corrected chi connectivity index (χ1v) is 8.91. The van der Waals surface area contributed by atoms with Gasteiger partial charge in [-0.05, 0) is 31.2 Å². The maximum atomic E-state index is 12.8. The van der Waals surface area contributed by atoms with Crippen molar-refractivity contribution in [2.45, 2.75) is 6.92 Å². The number of hydrogen-bond donors (Lipinski definition) is 0. The van der Waals surface area contributed by atoms with E-state index >= 15 is 0 Å². The highest BCUT2D eigenvalue weighted by atomic mass is 16.5. The van der Waals surface area contributed by atoms with Crippen molar-refractivity contribution in [2.24, 2.45) is 7.05 Å². The fraction of sp³-hybridized carbons (Fsp3) is 0.182. The Kier molecular flexibility index (Phi) is 4.39. The summed E-state index contributed by atoms with van der Waals surface area (Å²) >= 11 is 0. The molecule has 2 aromatic carbocycles. The van der Waals surface area contributed by atoms with Crippen molar-refractivity contribution < 1.29 is 9.47 Å². The Balaban J connectivity index is 2.03. The van der Waals surface area contributed by atoms with Gasteiger partial charge in [-0.15, -0.1) is 0 Å². The lowest BCUT2D eigenvalue weighted by Crippen LogP contribution is -2.15. The van der Waals surface area contributed by atoms with Crippen molar-refractivity contribution in [1.82, 2.24) is 14.1 Å². The molecule has 142 valence electrons. The van der Waals surface area contributed by atoms with E-state index in [9.17, 15) is 4.79 Å². The smallest absolute Gasteiger partial charge is 0.353 e. The molecule has 4 rings (SSSR count). The number of hydrogen-bond acceptors (Lipinski definition) is 4. The molecule has 0 bridgehead atoms. The molecule has 0 fully saturated rings. The zero-order valence-corrected chi connectivity index (χ0v) is 16.3. The van der Waals surface area contributed by atoms with Crippen LogP contribution in [-0.4, -0.2) is 28.3 Å². The number of nitrogens with zero attached hydrogens (tertiary/aromatic N) is 3. The number of para-hydroxylation sites is 1. The fourth-order valence-corrected chi connectivity index (χ4v) is 3.47. The monoisotopic (exact) mass is 375 g/mol. The summed E-state index contributed by atoms with van der Waals surface area (Å²) in [7, 11) is 5.19. The average Bonchev–Trinajstić information content (AvgIpc) is 3.08. The first-order valence-electron chi connectivity index (χ1n) is 8.91. The maximum absolute atomic E-state index is 12.8. The number of methoxy groups -OCH3 is 2. The minimum atomic E-state index is -0.302. The van der Waals surface area contributed by atoms with Gasteiger partial charge in [-0.2, -0.15) is 4.98 Å². The third kappa shape index (κ3) is 2.74. The summed E-state index contributed by atoms with van der Waals surface area (Å²) in [5, 5.41) is 0. The molecule has 0 amide bonds. The van der Waals surface area contributed by atoms with Crippen LogP contribution in [0.2, 0.25) is 0 Å². The molecular weight excluding hydrogens is 354 g/mol. The lowest BCUT2D eigenvalue weighted by molar-refractivity contribution is 0.395. The molecule has 0 radical (unpaired) electrons. The Morgan fingerprint density at radius 1 is 0.964 bits per heavy atom. The van der Waals surface area contributed by atoms with E-state index < -0.39 is 0 Å². The molecule has 2 aromatic rings. The molecule has 0 N–H and O–H groups in total. The predicted molar refractivity (Wildman–Crippen MR) is 109 cm³/mol. The van der Waals surface area contributed by atoms with Gasteiger partial charge in [0.2, 0.25) is 0 Å². The molecule has 0 saturated heterocycles. The number of rotatable bonds is 4. The van der Waals surface area contributed by atoms with Gasteiger partial charge in [0.05, 0.1) is 25.6 Å². The number of aryl methyl sites for hydroxylation is 1. The van der Waals surface area contributed by atoms with Crippen molar-refractivity contribution in [2.75, 3.05) is 14.2 Å². The van der Waals surface area contributed by atoms with Crippen LogP contribution in [0.4, 0.5) is 0 Å². The van der Waals surface area contributed by atoms with E-state index in [0.29, 0.717) is 17.2 Å². The molecule has 6 nitrogen and oxygen atoms in total. The van der Waals surface area contributed by atoms with Gasteiger partial charge >= 0.3 is 5.69 Å². The minimum absolute atomic E-state index is 0.302. The highest BCUT2D eigenvalue weighted by Gasteiger charge is 2.25. The molecule has 2 aliphatic rings. The molecule has 0 aromatic heterocycles. The summed E-state index contributed by atoms with van der Waals surface area (Å²) in [5.41, 5.74) is 4.55. The molecule has 0 spiro atoms. The van der Waals surface area contributed by atoms with Crippen LogP contribution in [0, 0.1) is 6.92 Å². The number of benzene rings is 2. The minimum Gasteiger partial charge on any atom is -0.497 e. The standard InChI is InChI=1S/C22H21N3O3/c1-14-21-20(23-22(26)25(21)15-8-6-5-7-9-15)18(13-24(14)2)17-11-10-16(27-3)12-19(17)28-4/h5-13H,1-4H3. The second kappa shape index (κ2) is 6.88. The highest BCUT2D eigenvalue weighted by molar-refractivity contribution is 5.85. The molecule has 2 heterocycles. The maximum Gasteiger partial charge on any atom is 0.353 e. The molecule has 0 aliphatic carbocycles. The lowest BCUT2D eigenvalue weighted by atomic mass is 10.0. The van der Waals surface area contributed by atoms with Gasteiger partial charge in [0.25, 0.3) is 0 Å². The summed E-state index contributed by atoms with van der Waals surface area (Å²) in [5.74, 6) is 1.36. The molecule has 0 unspecified atom stereocenters. The van der Waals surface area contributed by atoms with Crippen LogP contribution < -0.4 is 15.2 Å². The summed E-state index contributed by atoms with van der Waals surface area (Å²) in [6, 6.07) is 15.2. The van der Waals surface area contributed by atoms with Crippen molar-refractivity contribution in [3.8, 4) is 39.7 Å². The Morgan fingerprint density at radius 3 is 2.39 bits per heavy atom. The van der Waals surface area contributed by atoms with Gasteiger partial charge in [0.1, 0.15) is 17.2 Å². The second-order valence-corrected chi connectivity index (χ2v) is 6.57. The summed E-state index contributed by atoms with van der Waals surface area (Å²) in [4.78, 5) is 17.2. The highest BCUT2D eigenvalue weighted by Crippen LogP contribution is 2.40. The number of imidazole rings is 1. The molecule has 0 atom stereocenters. The fourth-order valence-electron chi connectivity index (χ4n) is 3.47. The van der Waals surface area contributed by atoms with E-state index in [0.717, 1.165) is 28.2 Å². The van der Waals surface area contributed by atoms with Gasteiger partial charge in [-0.1, -0.05) is 18.2 Å². The number of ether oxygens (including phenoxy) is 2. The number of pyridine rings is 1. The zero-order chi connectivity index (χ0) is 19.8. The third-order valence-corrected chi connectivity index (χ3v) is 5.01. The van der Waals surface area contributed by atoms with Crippen LogP contribution in [-0.2, 0) is 7.05 Å². The first-order chi connectivity index (χ1) is 13.5. The molecule has 6 heteroatoms. The van der Waals surface area contributed by atoms with E-state index in [2.05, 4.69) is 4.98 Å². The first kappa shape index (κ1) is 17.9. The normalized spacial score (nSPS) is 11.0. The van der Waals surface area contributed by atoms with Crippen LogP contribution in [0.1, 0.15) is 5.69 Å². The number of aromatic nitrogens is 3. The topological polar surface area (TPSA) is 58.3 Å². The molecule has 2 aliphatic heterocycles. The van der Waals surface area contributed by atoms with Gasteiger partial charge in [0, 0.05) is 36.1 Å². The van der Waals surface area contributed by atoms with Crippen molar-refractivity contribution >= 4 is 0 Å². The van der Waals surface area contributed by atoms with Crippen molar-refractivity contribution in [3.63, 3.8) is 0 Å². The van der Waals surface area contributed by atoms with Crippen LogP contribution in [0.3, 0.4) is 0 Å². The van der Waals surface area contributed by atoms with Gasteiger partial charge < -0.3 is 14.0 Å². The lowest BCUT2D eigenvalue weighted by Gasteiger charge is -2.18. The van der Waals surface area contributed by atoms with E-state index in [1.165, 1.54) is 0 Å². The van der Waals surface area contributed by atoms with Crippen LogP contribution >= 0.6 is 0 Å². The Morgan fingerprint density at radius 2 is 1.71 bits per heavy atom. The summed E-state index contributed by atoms with van der Waals surface area (Å²) in [6.07, 6.45) is 1.98. The molecular formula is C22H21N3O3. The predicted octanol–water partition coefficient (Wildman–Crippen LogP) is 3.67. The summed E-state index contributed by atoms with van der Waals surface area (Å²) in [6.45, 7) is 1.98. The van der Waals surface area contributed by atoms with E-state index in [-0.39, 0.29) is 5.69 Å². The Labute approximate surface area is 162 Å². The van der Waals surface area contributed by atoms with Gasteiger partial charge in [0.15, 0.2) is 0 Å². The summed E-state index contributed by atoms with van der Waals surface area (Å²) < 4.78 is 14.5. The quantitative estimate of drug-likeness (QED) is 0.546. The zero-order valence-electron chi connectivity index (χ0n) is 16.3. The van der Waals surface area contributed by atoms with Crippen LogP contribution in [0.15, 0.2) is 59.5 Å². The van der Waals surface area contributed by atoms with E-state index in [4.69, 9.17) is 9.47 Å². The Hall–Kier alpha value is -3.54. The van der Waals surface area contributed by atoms with Gasteiger partial charge in [-0.25, -0.2) is 4.79 Å². The second-order valence-electron chi connectivity index (χ2n) is 6.57. The van der Waals surface area contributed by atoms with Crippen molar-refractivity contribution in [1.29, 1.82) is 0 Å². The van der Waals surface area contributed by atoms with E-state index in [1.807, 2.05) is 73.3 Å². The van der Waals surface area contributed by atoms with Crippen molar-refractivity contribution in [3.05, 3.63) is 70.9 Å². The van der Waals surface area contributed by atoms with Gasteiger partial charge in [-0.3, -0.25) is 4.57 Å². The Bertz CT molecular complexity index is 1180. The van der Waals surface area contributed by atoms with E-state index in [1.54, 1.807) is 18.8 Å². The number of fused-ring (bicyclic) bond motifs is 1. The average molecular weight is 375 g/mol.